The van der Waals surface area contributed by atoms with Crippen molar-refractivity contribution >= 4 is 46.4 Å². The summed E-state index contributed by atoms with van der Waals surface area (Å²) in [4.78, 5) is 38.1. The fourth-order valence-electron chi connectivity index (χ4n) is 3.04. The van der Waals surface area contributed by atoms with Crippen LogP contribution in [-0.4, -0.2) is 37.3 Å². The zero-order valence-electron chi connectivity index (χ0n) is 17.7. The number of Topliss-reactive ketones (excluding diaryl/α,β-unsaturated/α-hetero) is 2. The topological polar surface area (TPSA) is 81.7 Å². The fraction of sp³-hybridized carbons (Fsp3) is 0.160. The summed E-state index contributed by atoms with van der Waals surface area (Å²) in [5.41, 5.74) is 1.15. The van der Waals surface area contributed by atoms with E-state index >= 15 is 0 Å². The van der Waals surface area contributed by atoms with Crippen molar-refractivity contribution in [2.45, 2.75) is 12.5 Å². The maximum atomic E-state index is 12.9. The first-order valence-electron chi connectivity index (χ1n) is 10.0. The van der Waals surface area contributed by atoms with E-state index in [1.807, 2.05) is 0 Å². The number of anilines is 1. The highest BCUT2D eigenvalue weighted by atomic mass is 35.5. The number of nitrogens with one attached hydrogen (secondary N) is 1. The number of halogens is 2. The Morgan fingerprint density at radius 3 is 2.30 bits per heavy atom. The summed E-state index contributed by atoms with van der Waals surface area (Å²) in [6.45, 7) is -0.493. The van der Waals surface area contributed by atoms with Gasteiger partial charge in [0.2, 0.25) is 0 Å². The minimum atomic E-state index is -1.09. The lowest BCUT2D eigenvalue weighted by Gasteiger charge is -2.19. The van der Waals surface area contributed by atoms with Crippen LogP contribution in [0.15, 0.2) is 72.8 Å². The number of carbonyl (C=O) groups excluding carboxylic acids is 3. The molecule has 0 radical (unpaired) electrons. The van der Waals surface area contributed by atoms with Crippen molar-refractivity contribution in [1.29, 1.82) is 0 Å². The number of rotatable bonds is 10. The standard InChI is InChI=1S/C25H21Cl2NO5/c1-32-18-10-5-9-17(13-18)23(30)15-33-25(31)21(14-22(29)16-7-3-2-4-8-16)28-20-12-6-11-19(26)24(20)27/h2-13,21,28H,14-15H2,1H3/t21-/m0/s1. The van der Waals surface area contributed by atoms with Gasteiger partial charge < -0.3 is 14.8 Å². The molecule has 0 bridgehead atoms. The molecule has 8 heteroatoms. The third-order valence-corrected chi connectivity index (χ3v) is 5.61. The highest BCUT2D eigenvalue weighted by Crippen LogP contribution is 2.30. The average molecular weight is 486 g/mol. The van der Waals surface area contributed by atoms with Gasteiger partial charge in [0.05, 0.1) is 22.8 Å². The van der Waals surface area contributed by atoms with Gasteiger partial charge in [-0.2, -0.15) is 0 Å². The summed E-state index contributed by atoms with van der Waals surface area (Å²) in [5.74, 6) is -0.944. The predicted molar refractivity (Wildman–Crippen MR) is 128 cm³/mol. The normalized spacial score (nSPS) is 11.4. The number of methoxy groups -OCH3 is 1. The number of hydrogen-bond donors (Lipinski definition) is 1. The van der Waals surface area contributed by atoms with Crippen LogP contribution in [0.2, 0.25) is 10.0 Å². The molecule has 170 valence electrons. The van der Waals surface area contributed by atoms with E-state index in [-0.39, 0.29) is 22.2 Å². The monoisotopic (exact) mass is 485 g/mol. The Labute approximate surface area is 201 Å². The first-order valence-corrected chi connectivity index (χ1v) is 10.8. The zero-order valence-corrected chi connectivity index (χ0v) is 19.2. The molecule has 3 aromatic rings. The van der Waals surface area contributed by atoms with Gasteiger partial charge in [0.1, 0.15) is 11.8 Å². The molecular weight excluding hydrogens is 465 g/mol. The molecule has 6 nitrogen and oxygen atoms in total. The second-order valence-electron chi connectivity index (χ2n) is 7.05. The zero-order chi connectivity index (χ0) is 23.8. The molecule has 0 aromatic heterocycles. The Morgan fingerprint density at radius 2 is 1.58 bits per heavy atom. The van der Waals surface area contributed by atoms with Crippen molar-refractivity contribution in [3.63, 3.8) is 0 Å². The lowest BCUT2D eigenvalue weighted by Crippen LogP contribution is -2.35. The second-order valence-corrected chi connectivity index (χ2v) is 7.84. The van der Waals surface area contributed by atoms with Crippen molar-refractivity contribution in [2.75, 3.05) is 19.0 Å². The van der Waals surface area contributed by atoms with Crippen LogP contribution in [0, 0.1) is 0 Å². The van der Waals surface area contributed by atoms with Crippen molar-refractivity contribution in [1.82, 2.24) is 0 Å². The van der Waals surface area contributed by atoms with E-state index in [2.05, 4.69) is 5.32 Å². The van der Waals surface area contributed by atoms with E-state index < -0.39 is 24.4 Å². The van der Waals surface area contributed by atoms with Gasteiger partial charge in [-0.25, -0.2) is 4.79 Å². The molecule has 3 rings (SSSR count). The molecule has 0 heterocycles. The highest BCUT2D eigenvalue weighted by molar-refractivity contribution is 6.43. The number of ketones is 2. The minimum Gasteiger partial charge on any atom is -0.497 e. The minimum absolute atomic E-state index is 0.205. The van der Waals surface area contributed by atoms with Crippen LogP contribution in [0.5, 0.6) is 5.75 Å². The Morgan fingerprint density at radius 1 is 0.879 bits per heavy atom. The van der Waals surface area contributed by atoms with Crippen LogP contribution in [0.1, 0.15) is 27.1 Å². The summed E-state index contributed by atoms with van der Waals surface area (Å²) in [5, 5.41) is 3.42. The Balaban J connectivity index is 1.75. The molecule has 3 aromatic carbocycles. The fourth-order valence-corrected chi connectivity index (χ4v) is 3.40. The molecule has 0 aliphatic heterocycles. The molecule has 0 unspecified atom stereocenters. The van der Waals surface area contributed by atoms with Gasteiger partial charge in [-0.15, -0.1) is 0 Å². The molecule has 1 atom stereocenters. The summed E-state index contributed by atoms with van der Waals surface area (Å²) in [6, 6.07) is 18.9. The molecule has 0 aliphatic rings. The summed E-state index contributed by atoms with van der Waals surface area (Å²) < 4.78 is 10.4. The van der Waals surface area contributed by atoms with E-state index in [0.29, 0.717) is 22.6 Å². The second kappa shape index (κ2) is 11.5. The summed E-state index contributed by atoms with van der Waals surface area (Å²) >= 11 is 12.3. The van der Waals surface area contributed by atoms with Gasteiger partial charge in [-0.3, -0.25) is 9.59 Å². The van der Waals surface area contributed by atoms with Gasteiger partial charge >= 0.3 is 5.97 Å². The summed E-state index contributed by atoms with van der Waals surface area (Å²) in [6.07, 6.45) is -0.209. The van der Waals surface area contributed by atoms with Crippen LogP contribution in [0.4, 0.5) is 5.69 Å². The molecule has 0 amide bonds. The molecule has 0 aliphatic carbocycles. The Kier molecular flexibility index (Phi) is 8.46. The van der Waals surface area contributed by atoms with Crippen molar-refractivity contribution in [3.8, 4) is 5.75 Å². The van der Waals surface area contributed by atoms with Crippen LogP contribution in [0.3, 0.4) is 0 Å². The number of esters is 1. The van der Waals surface area contributed by atoms with Crippen molar-refractivity contribution in [3.05, 3.63) is 94.0 Å². The highest BCUT2D eigenvalue weighted by Gasteiger charge is 2.26. The molecular formula is C25H21Cl2NO5. The first kappa shape index (κ1) is 24.3. The molecule has 0 saturated carbocycles. The van der Waals surface area contributed by atoms with Gasteiger partial charge in [-0.1, -0.05) is 71.7 Å². The van der Waals surface area contributed by atoms with Gasteiger partial charge in [-0.05, 0) is 24.3 Å². The smallest absolute Gasteiger partial charge is 0.329 e. The number of benzene rings is 3. The average Bonchev–Trinajstić information content (AvgIpc) is 2.85. The van der Waals surface area contributed by atoms with Crippen molar-refractivity contribution < 1.29 is 23.9 Å². The lowest BCUT2D eigenvalue weighted by atomic mass is 10.0. The third-order valence-electron chi connectivity index (χ3n) is 4.79. The van der Waals surface area contributed by atoms with E-state index in [1.54, 1.807) is 72.8 Å². The van der Waals surface area contributed by atoms with Crippen LogP contribution in [0.25, 0.3) is 0 Å². The third kappa shape index (κ3) is 6.57. The summed E-state index contributed by atoms with van der Waals surface area (Å²) in [7, 11) is 1.49. The van der Waals surface area contributed by atoms with E-state index in [0.717, 1.165) is 0 Å². The largest absolute Gasteiger partial charge is 0.497 e. The number of carbonyl (C=O) groups is 3. The maximum absolute atomic E-state index is 12.9. The van der Waals surface area contributed by atoms with Crippen molar-refractivity contribution in [2.24, 2.45) is 0 Å². The van der Waals surface area contributed by atoms with Crippen LogP contribution < -0.4 is 10.1 Å². The number of hydrogen-bond acceptors (Lipinski definition) is 6. The maximum Gasteiger partial charge on any atom is 0.329 e. The SMILES string of the molecule is COc1cccc(C(=O)COC(=O)[C@H](CC(=O)c2ccccc2)Nc2cccc(Cl)c2Cl)c1. The Hall–Kier alpha value is -3.35. The molecule has 33 heavy (non-hydrogen) atoms. The predicted octanol–water partition coefficient (Wildman–Crippen LogP) is 5.48. The van der Waals surface area contributed by atoms with Gasteiger partial charge in [0, 0.05) is 17.5 Å². The molecule has 0 saturated heterocycles. The first-order chi connectivity index (χ1) is 15.9. The molecule has 1 N–H and O–H groups in total. The number of ether oxygens (including phenoxy) is 2. The van der Waals surface area contributed by atoms with E-state index in [1.165, 1.54) is 7.11 Å². The van der Waals surface area contributed by atoms with Crippen LogP contribution in [-0.2, 0) is 9.53 Å². The van der Waals surface area contributed by atoms with Gasteiger partial charge in [0.15, 0.2) is 18.2 Å². The Bertz CT molecular complexity index is 1150. The molecule has 0 fully saturated rings. The lowest BCUT2D eigenvalue weighted by molar-refractivity contribution is -0.143. The van der Waals surface area contributed by atoms with E-state index in [4.69, 9.17) is 32.7 Å². The molecule has 0 spiro atoms. The van der Waals surface area contributed by atoms with Crippen LogP contribution >= 0.6 is 23.2 Å². The quantitative estimate of drug-likeness (QED) is 0.302. The van der Waals surface area contributed by atoms with E-state index in [9.17, 15) is 14.4 Å². The van der Waals surface area contributed by atoms with Gasteiger partial charge in [0.25, 0.3) is 0 Å².